The predicted molar refractivity (Wildman–Crippen MR) is 68.9 cm³/mol. The Hall–Kier alpha value is -0.610. The van der Waals surface area contributed by atoms with Gasteiger partial charge in [-0.1, -0.05) is 20.3 Å². The lowest BCUT2D eigenvalue weighted by atomic mass is 9.92. The van der Waals surface area contributed by atoms with Gasteiger partial charge in [0.15, 0.2) is 0 Å². The number of esters is 1. The Kier molecular flexibility index (Phi) is 6.52. The number of hydrogen-bond acceptors (Lipinski definition) is 4. The second kappa shape index (κ2) is 7.67. The molecule has 4 heteroatoms. The van der Waals surface area contributed by atoms with Crippen LogP contribution in [0, 0.1) is 5.92 Å². The van der Waals surface area contributed by atoms with Gasteiger partial charge in [-0.3, -0.25) is 4.79 Å². The van der Waals surface area contributed by atoms with E-state index in [1.165, 1.54) is 20.0 Å². The third-order valence-electron chi connectivity index (χ3n) is 3.54. The fraction of sp³-hybridized carbons (Fsp3) is 0.923. The number of methoxy groups -OCH3 is 1. The van der Waals surface area contributed by atoms with E-state index in [1.54, 1.807) is 0 Å². The summed E-state index contributed by atoms with van der Waals surface area (Å²) in [6.45, 7) is 8.42. The molecule has 0 aromatic rings. The van der Waals surface area contributed by atoms with Crippen LogP contribution in [-0.2, 0) is 9.53 Å². The molecule has 0 radical (unpaired) electrons. The highest BCUT2D eigenvalue weighted by Gasteiger charge is 2.25. The maximum absolute atomic E-state index is 11.1. The summed E-state index contributed by atoms with van der Waals surface area (Å²) in [7, 11) is 1.45. The average Bonchev–Trinajstić information content (AvgIpc) is 2.36. The number of likely N-dealkylation sites (tertiary alicyclic amines) is 1. The highest BCUT2D eigenvalue weighted by Crippen LogP contribution is 2.19. The van der Waals surface area contributed by atoms with E-state index in [4.69, 9.17) is 0 Å². The van der Waals surface area contributed by atoms with Gasteiger partial charge in [0.2, 0.25) is 0 Å². The topological polar surface area (TPSA) is 41.6 Å². The van der Waals surface area contributed by atoms with Crippen LogP contribution in [0.5, 0.6) is 0 Å². The number of piperidine rings is 1. The number of nitrogens with zero attached hydrogens (tertiary/aromatic N) is 1. The third-order valence-corrected chi connectivity index (χ3v) is 3.54. The fourth-order valence-electron chi connectivity index (χ4n) is 2.57. The predicted octanol–water partition coefficient (Wildman–Crippen LogP) is 1.26. The van der Waals surface area contributed by atoms with Crippen molar-refractivity contribution in [1.29, 1.82) is 0 Å². The molecule has 1 rings (SSSR count). The molecule has 1 fully saturated rings. The molecule has 1 aliphatic rings. The molecule has 100 valence electrons. The van der Waals surface area contributed by atoms with Crippen molar-refractivity contribution in [2.75, 3.05) is 33.3 Å². The zero-order chi connectivity index (χ0) is 12.7. The summed E-state index contributed by atoms with van der Waals surface area (Å²) in [5.74, 6) is 0.647. The lowest BCUT2D eigenvalue weighted by Crippen LogP contribution is -2.49. The van der Waals surface area contributed by atoms with E-state index in [0.29, 0.717) is 12.5 Å². The Morgan fingerprint density at radius 3 is 2.76 bits per heavy atom. The number of nitrogens with one attached hydrogen (secondary N) is 1. The van der Waals surface area contributed by atoms with Crippen LogP contribution in [0.1, 0.15) is 33.1 Å². The van der Waals surface area contributed by atoms with E-state index in [2.05, 4.69) is 28.8 Å². The molecule has 1 N–H and O–H groups in total. The van der Waals surface area contributed by atoms with E-state index in [0.717, 1.165) is 32.1 Å². The van der Waals surface area contributed by atoms with Crippen molar-refractivity contribution in [1.82, 2.24) is 10.2 Å². The number of ether oxygens (including phenoxy) is 1. The van der Waals surface area contributed by atoms with Crippen molar-refractivity contribution >= 4 is 5.97 Å². The normalized spacial score (nSPS) is 25.8. The lowest BCUT2D eigenvalue weighted by Gasteiger charge is -2.37. The van der Waals surface area contributed by atoms with E-state index >= 15 is 0 Å². The molecule has 1 heterocycles. The van der Waals surface area contributed by atoms with E-state index < -0.39 is 0 Å². The van der Waals surface area contributed by atoms with Crippen molar-refractivity contribution in [3.05, 3.63) is 0 Å². The summed E-state index contributed by atoms with van der Waals surface area (Å²) < 4.78 is 4.69. The van der Waals surface area contributed by atoms with Crippen LogP contribution in [-0.4, -0.2) is 50.2 Å². The van der Waals surface area contributed by atoms with E-state index in [9.17, 15) is 4.79 Å². The summed E-state index contributed by atoms with van der Waals surface area (Å²) in [5, 5.41) is 3.52. The Labute approximate surface area is 105 Å². The molecule has 0 saturated carbocycles. The molecule has 0 spiro atoms. The molecular formula is C13H26N2O2. The summed E-state index contributed by atoms with van der Waals surface area (Å²) in [6.07, 6.45) is 2.99. The highest BCUT2D eigenvalue weighted by molar-refractivity contribution is 5.69. The quantitative estimate of drug-likeness (QED) is 0.712. The van der Waals surface area contributed by atoms with Crippen LogP contribution in [0.4, 0.5) is 0 Å². The number of hydrogen-bond donors (Lipinski definition) is 1. The first-order chi connectivity index (χ1) is 8.19. The van der Waals surface area contributed by atoms with Crippen molar-refractivity contribution in [2.45, 2.75) is 39.2 Å². The zero-order valence-electron chi connectivity index (χ0n) is 11.4. The van der Waals surface area contributed by atoms with Crippen molar-refractivity contribution in [2.24, 2.45) is 5.92 Å². The molecule has 0 aliphatic carbocycles. The van der Waals surface area contributed by atoms with Gasteiger partial charge in [-0.25, -0.2) is 0 Å². The summed E-state index contributed by atoms with van der Waals surface area (Å²) >= 11 is 0. The molecule has 4 nitrogen and oxygen atoms in total. The fourth-order valence-corrected chi connectivity index (χ4v) is 2.57. The maximum Gasteiger partial charge on any atom is 0.306 e. The van der Waals surface area contributed by atoms with Crippen LogP contribution in [0.15, 0.2) is 0 Å². The van der Waals surface area contributed by atoms with Crippen LogP contribution in [0.3, 0.4) is 0 Å². The van der Waals surface area contributed by atoms with Gasteiger partial charge in [-0.15, -0.1) is 0 Å². The number of carbonyl (C=O) groups excluding carboxylic acids is 1. The van der Waals surface area contributed by atoms with E-state index in [-0.39, 0.29) is 5.97 Å². The Bertz CT molecular complexity index is 233. The summed E-state index contributed by atoms with van der Waals surface area (Å²) in [4.78, 5) is 13.5. The molecule has 2 unspecified atom stereocenters. The van der Waals surface area contributed by atoms with Gasteiger partial charge in [0.05, 0.1) is 13.5 Å². The minimum absolute atomic E-state index is 0.108. The SMILES string of the molecule is CCNC1CC(CC)CN(CCC(=O)OC)C1. The van der Waals surface area contributed by atoms with Gasteiger partial charge >= 0.3 is 5.97 Å². The Morgan fingerprint density at radius 1 is 1.41 bits per heavy atom. The Morgan fingerprint density at radius 2 is 2.18 bits per heavy atom. The lowest BCUT2D eigenvalue weighted by molar-refractivity contribution is -0.141. The number of likely N-dealkylation sites (N-methyl/N-ethyl adjacent to an activating group) is 1. The minimum atomic E-state index is -0.108. The second-order valence-corrected chi connectivity index (χ2v) is 4.85. The smallest absolute Gasteiger partial charge is 0.306 e. The minimum Gasteiger partial charge on any atom is -0.469 e. The molecule has 0 aromatic heterocycles. The van der Waals surface area contributed by atoms with Crippen LogP contribution < -0.4 is 5.32 Å². The summed E-state index contributed by atoms with van der Waals surface area (Å²) in [6, 6.07) is 0.580. The van der Waals surface area contributed by atoms with Gasteiger partial charge in [0.1, 0.15) is 0 Å². The van der Waals surface area contributed by atoms with Crippen LogP contribution in [0.25, 0.3) is 0 Å². The Balaban J connectivity index is 2.39. The highest BCUT2D eigenvalue weighted by atomic mass is 16.5. The zero-order valence-corrected chi connectivity index (χ0v) is 11.4. The number of carbonyl (C=O) groups is 1. The molecule has 2 atom stereocenters. The van der Waals surface area contributed by atoms with Gasteiger partial charge in [-0.05, 0) is 18.9 Å². The molecular weight excluding hydrogens is 216 g/mol. The first-order valence-electron chi connectivity index (χ1n) is 6.72. The van der Waals surface area contributed by atoms with Gasteiger partial charge in [-0.2, -0.15) is 0 Å². The van der Waals surface area contributed by atoms with Crippen molar-refractivity contribution in [3.8, 4) is 0 Å². The molecule has 17 heavy (non-hydrogen) atoms. The maximum atomic E-state index is 11.1. The number of rotatable bonds is 6. The molecule has 0 aromatic carbocycles. The van der Waals surface area contributed by atoms with Gasteiger partial charge < -0.3 is 15.0 Å². The monoisotopic (exact) mass is 242 g/mol. The first kappa shape index (κ1) is 14.5. The molecule has 1 aliphatic heterocycles. The average molecular weight is 242 g/mol. The summed E-state index contributed by atoms with van der Waals surface area (Å²) in [5.41, 5.74) is 0. The van der Waals surface area contributed by atoms with Crippen LogP contribution >= 0.6 is 0 Å². The molecule has 0 bridgehead atoms. The van der Waals surface area contributed by atoms with Crippen LogP contribution in [0.2, 0.25) is 0 Å². The molecule has 0 amide bonds. The van der Waals surface area contributed by atoms with Crippen molar-refractivity contribution in [3.63, 3.8) is 0 Å². The van der Waals surface area contributed by atoms with Gasteiger partial charge in [0.25, 0.3) is 0 Å². The van der Waals surface area contributed by atoms with Crippen molar-refractivity contribution < 1.29 is 9.53 Å². The van der Waals surface area contributed by atoms with Gasteiger partial charge in [0, 0.05) is 25.7 Å². The largest absolute Gasteiger partial charge is 0.469 e. The standard InChI is InChI=1S/C13H26N2O2/c1-4-11-8-12(14-5-2)10-15(9-11)7-6-13(16)17-3/h11-12,14H,4-10H2,1-3H3. The molecule has 1 saturated heterocycles. The first-order valence-corrected chi connectivity index (χ1v) is 6.72. The van der Waals surface area contributed by atoms with E-state index in [1.807, 2.05) is 0 Å². The third kappa shape index (κ3) is 5.04. The second-order valence-electron chi connectivity index (χ2n) is 4.85.